The van der Waals surface area contributed by atoms with E-state index in [2.05, 4.69) is 57.1 Å². The smallest absolute Gasteiger partial charge is 0.246 e. The quantitative estimate of drug-likeness (QED) is 0.167. The van der Waals surface area contributed by atoms with Crippen molar-refractivity contribution in [2.75, 3.05) is 19.6 Å². The number of unbranched alkanes of at least 4 members (excludes halogenated alkanes) is 1. The molecule has 8 unspecified atom stereocenters. The van der Waals surface area contributed by atoms with Crippen LogP contribution in [0.3, 0.4) is 0 Å². The van der Waals surface area contributed by atoms with E-state index in [9.17, 15) is 43.5 Å². The Morgan fingerprint density at radius 2 is 1.54 bits per heavy atom. The van der Waals surface area contributed by atoms with Gasteiger partial charge in [0, 0.05) is 33.0 Å². The highest BCUT2D eigenvalue weighted by Gasteiger charge is 2.42. The molecule has 3 saturated heterocycles. The molecule has 3 fully saturated rings. The largest absolute Gasteiger partial charge is 0.376 e. The molecule has 3 aliphatic heterocycles. The molecule has 9 atom stereocenters. The number of hydrogen-bond acceptors (Lipinski definition) is 10. The lowest BCUT2D eigenvalue weighted by Crippen LogP contribution is -2.62. The Hall–Kier alpha value is -5.88. The highest BCUT2D eigenvalue weighted by Crippen LogP contribution is 2.25. The van der Waals surface area contributed by atoms with Crippen molar-refractivity contribution in [1.29, 1.82) is 0 Å². The SMILES string of the molecule is CCCCC(NC(C)=O)C(=O)NC1CC(=O)NCCCCC(C(N)=O)NC(O)C(C)NC(=O)C2CCCCN2C(=O)[C@@H](Cc2ccc(C3=CC=CC(C)C=C3)cc2)NC(=O)C2CCCN2C1=O. The predicted molar refractivity (Wildman–Crippen MR) is 252 cm³/mol. The number of amides is 8. The number of piperidine rings is 1. The fraction of sp³-hybridized carbons (Fsp3) is 0.592. The molecule has 4 aliphatic rings. The van der Waals surface area contributed by atoms with E-state index in [0.717, 1.165) is 23.1 Å². The molecule has 67 heavy (non-hydrogen) atoms. The van der Waals surface area contributed by atoms with Crippen LogP contribution in [0.25, 0.3) is 5.57 Å². The van der Waals surface area contributed by atoms with Crippen LogP contribution in [-0.2, 0) is 44.8 Å². The van der Waals surface area contributed by atoms with Crippen molar-refractivity contribution in [3.8, 4) is 0 Å². The minimum atomic E-state index is -1.41. The summed E-state index contributed by atoms with van der Waals surface area (Å²) >= 11 is 0. The van der Waals surface area contributed by atoms with E-state index in [4.69, 9.17) is 5.73 Å². The van der Waals surface area contributed by atoms with Gasteiger partial charge in [0.2, 0.25) is 47.3 Å². The second-order valence-electron chi connectivity index (χ2n) is 18.3. The maximum Gasteiger partial charge on any atom is 0.246 e. The van der Waals surface area contributed by atoms with Crippen molar-refractivity contribution in [2.24, 2.45) is 11.7 Å². The van der Waals surface area contributed by atoms with E-state index < -0.39 is 102 Å². The summed E-state index contributed by atoms with van der Waals surface area (Å²) in [6.07, 6.45) is 13.4. The number of carbonyl (C=O) groups excluding carboxylic acids is 8. The van der Waals surface area contributed by atoms with Gasteiger partial charge in [0.25, 0.3) is 0 Å². The van der Waals surface area contributed by atoms with Crippen LogP contribution in [0.4, 0.5) is 0 Å². The number of allylic oxidation sites excluding steroid dienone is 6. The molecule has 9 N–H and O–H groups in total. The van der Waals surface area contributed by atoms with Crippen LogP contribution < -0.4 is 37.6 Å². The van der Waals surface area contributed by atoms with Crippen LogP contribution >= 0.6 is 0 Å². The Kier molecular flexibility index (Phi) is 19.7. The average molecular weight is 930 g/mol. The minimum Gasteiger partial charge on any atom is -0.376 e. The van der Waals surface area contributed by atoms with Crippen LogP contribution in [0.2, 0.25) is 0 Å². The number of hydrogen-bond donors (Lipinski definition) is 8. The topological polar surface area (TPSA) is 261 Å². The van der Waals surface area contributed by atoms with Gasteiger partial charge < -0.3 is 47.2 Å². The highest BCUT2D eigenvalue weighted by molar-refractivity contribution is 5.98. The molecule has 1 aromatic rings. The van der Waals surface area contributed by atoms with Gasteiger partial charge in [-0.05, 0) is 87.3 Å². The molecule has 366 valence electrons. The van der Waals surface area contributed by atoms with E-state index in [1.807, 2.05) is 43.3 Å². The first-order valence-corrected chi connectivity index (χ1v) is 24.0. The van der Waals surface area contributed by atoms with Gasteiger partial charge in [0.15, 0.2) is 0 Å². The van der Waals surface area contributed by atoms with Crippen molar-refractivity contribution in [3.05, 3.63) is 65.8 Å². The van der Waals surface area contributed by atoms with Gasteiger partial charge in [-0.2, -0.15) is 0 Å². The van der Waals surface area contributed by atoms with Crippen molar-refractivity contribution in [1.82, 2.24) is 41.7 Å². The van der Waals surface area contributed by atoms with E-state index >= 15 is 0 Å². The Morgan fingerprint density at radius 1 is 0.866 bits per heavy atom. The summed E-state index contributed by atoms with van der Waals surface area (Å²) < 4.78 is 0. The van der Waals surface area contributed by atoms with Crippen LogP contribution in [0.15, 0.2) is 54.6 Å². The third-order valence-corrected chi connectivity index (χ3v) is 12.9. The lowest BCUT2D eigenvalue weighted by Gasteiger charge is -2.38. The maximum absolute atomic E-state index is 14.9. The fourth-order valence-electron chi connectivity index (χ4n) is 9.02. The zero-order valence-corrected chi connectivity index (χ0v) is 39.4. The number of aliphatic hydroxyl groups excluding tert-OH is 1. The van der Waals surface area contributed by atoms with Crippen LogP contribution in [0.5, 0.6) is 0 Å². The summed E-state index contributed by atoms with van der Waals surface area (Å²) in [7, 11) is 0. The Balaban J connectivity index is 1.49. The van der Waals surface area contributed by atoms with Gasteiger partial charge in [-0.25, -0.2) is 0 Å². The number of nitrogens with two attached hydrogens (primary N) is 1. The molecule has 1 aromatic carbocycles. The number of carbonyl (C=O) groups is 8. The van der Waals surface area contributed by atoms with Crippen molar-refractivity contribution >= 4 is 52.8 Å². The zero-order valence-electron chi connectivity index (χ0n) is 39.4. The number of rotatable bonds is 10. The van der Waals surface area contributed by atoms with E-state index in [1.165, 1.54) is 16.7 Å². The lowest BCUT2D eigenvalue weighted by molar-refractivity contribution is -0.147. The second-order valence-corrected chi connectivity index (χ2v) is 18.3. The molecule has 8 amide bonds. The normalized spacial score (nSPS) is 27.8. The number of benzene rings is 1. The summed E-state index contributed by atoms with van der Waals surface area (Å²) in [5.41, 5.74) is 8.38. The Labute approximate surface area is 393 Å². The third-order valence-electron chi connectivity index (χ3n) is 12.9. The molecule has 5 rings (SSSR count). The lowest BCUT2D eigenvalue weighted by atomic mass is 9.96. The second kappa shape index (κ2) is 25.3. The first-order valence-electron chi connectivity index (χ1n) is 24.0. The van der Waals surface area contributed by atoms with Crippen LogP contribution in [0, 0.1) is 5.92 Å². The zero-order chi connectivity index (χ0) is 48.6. The third kappa shape index (κ3) is 15.1. The van der Waals surface area contributed by atoms with E-state index in [-0.39, 0.29) is 44.8 Å². The fourth-order valence-corrected chi connectivity index (χ4v) is 9.02. The molecule has 0 aromatic heterocycles. The van der Waals surface area contributed by atoms with Gasteiger partial charge in [0.05, 0.1) is 18.5 Å². The molecule has 0 bridgehead atoms. The predicted octanol–water partition coefficient (Wildman–Crippen LogP) is 1.37. The van der Waals surface area contributed by atoms with Crippen molar-refractivity contribution in [2.45, 2.75) is 160 Å². The highest BCUT2D eigenvalue weighted by atomic mass is 16.3. The first-order chi connectivity index (χ1) is 32.1. The number of fused-ring (bicyclic) bond motifs is 2. The van der Waals surface area contributed by atoms with Gasteiger partial charge in [-0.15, -0.1) is 0 Å². The first kappa shape index (κ1) is 52.1. The molecule has 18 heteroatoms. The molecule has 0 spiro atoms. The van der Waals surface area contributed by atoms with Gasteiger partial charge >= 0.3 is 0 Å². The summed E-state index contributed by atoms with van der Waals surface area (Å²) in [5.74, 6) is -4.38. The Morgan fingerprint density at radius 3 is 2.24 bits per heavy atom. The number of nitrogens with zero attached hydrogens (tertiary/aromatic N) is 2. The number of primary amides is 1. The summed E-state index contributed by atoms with van der Waals surface area (Å²) in [4.78, 5) is 113. The minimum absolute atomic E-state index is 0.0525. The van der Waals surface area contributed by atoms with Gasteiger partial charge in [0.1, 0.15) is 36.4 Å². The number of nitrogens with one attached hydrogen (secondary N) is 6. The van der Waals surface area contributed by atoms with Gasteiger partial charge in [-0.1, -0.05) is 81.3 Å². The van der Waals surface area contributed by atoms with E-state index in [0.29, 0.717) is 51.4 Å². The van der Waals surface area contributed by atoms with Crippen molar-refractivity contribution < 1.29 is 43.5 Å². The summed E-state index contributed by atoms with van der Waals surface area (Å²) in [6.45, 7) is 7.40. The van der Waals surface area contributed by atoms with Gasteiger partial charge in [-0.3, -0.25) is 43.7 Å². The van der Waals surface area contributed by atoms with Crippen LogP contribution in [-0.4, -0.2) is 130 Å². The molecule has 3 heterocycles. The van der Waals surface area contributed by atoms with Crippen molar-refractivity contribution in [3.63, 3.8) is 0 Å². The monoisotopic (exact) mass is 930 g/mol. The standard InChI is InChI=1S/C49H71N9O9/c1-5-6-15-37(53-32(4)59)45(63)55-39-29-42(60)51-25-9-7-16-36(43(50)61)54-44(62)31(3)52-46(64)40-17-8-10-26-57(40)48(66)38(56-47(65)41-18-12-27-58(41)49(39)67)28-33-20-23-35(24-21-33)34-14-11-13-30(2)19-22-34/h11,13-14,19-24,30-31,36-41,44,54,62H,5-10,12,15-18,25-29H2,1-4H3,(H2,50,61)(H,51,60)(H,52,64)(H,53,59)(H,55,63)(H,56,65)/t30?,31?,36?,37?,38-,39?,40?,41?,44?/m1/s1. The molecule has 0 radical (unpaired) electrons. The molecule has 0 saturated carbocycles. The molecular formula is C49H71N9O9. The number of aliphatic hydroxyl groups is 1. The molecule has 18 nitrogen and oxygen atoms in total. The molecular weight excluding hydrogens is 859 g/mol. The summed E-state index contributed by atoms with van der Waals surface area (Å²) in [5, 5.41) is 27.8. The van der Waals surface area contributed by atoms with E-state index in [1.54, 1.807) is 6.92 Å². The maximum atomic E-state index is 14.9. The molecule has 1 aliphatic carbocycles. The summed E-state index contributed by atoms with van der Waals surface area (Å²) in [6, 6.07) is 0.237. The van der Waals surface area contributed by atoms with Crippen LogP contribution in [0.1, 0.15) is 116 Å². The average Bonchev–Trinajstić information content (AvgIpc) is 3.70. The Bertz CT molecular complexity index is 2040.